The summed E-state index contributed by atoms with van der Waals surface area (Å²) in [5, 5.41) is 10.9. The monoisotopic (exact) mass is 418 g/mol. The van der Waals surface area contributed by atoms with Crippen molar-refractivity contribution < 1.29 is 4.52 Å². The lowest BCUT2D eigenvalue weighted by molar-refractivity contribution is 0.106. The third-order valence-corrected chi connectivity index (χ3v) is 5.24. The van der Waals surface area contributed by atoms with Crippen molar-refractivity contribution >= 4 is 29.9 Å². The number of halogens is 1. The second-order valence-corrected chi connectivity index (χ2v) is 6.57. The highest BCUT2D eigenvalue weighted by molar-refractivity contribution is 14.0. The fourth-order valence-electron chi connectivity index (χ4n) is 3.46. The first-order valence-electron chi connectivity index (χ1n) is 8.01. The highest BCUT2D eigenvalue weighted by atomic mass is 127. The Kier molecular flexibility index (Phi) is 5.74. The molecule has 6 heteroatoms. The molecule has 22 heavy (non-hydrogen) atoms. The average Bonchev–Trinajstić information content (AvgIpc) is 3.22. The van der Waals surface area contributed by atoms with E-state index in [4.69, 9.17) is 4.52 Å². The van der Waals surface area contributed by atoms with E-state index in [0.717, 1.165) is 35.4 Å². The van der Waals surface area contributed by atoms with Crippen LogP contribution in [0.15, 0.2) is 9.52 Å². The molecule has 0 saturated heterocycles. The summed E-state index contributed by atoms with van der Waals surface area (Å²) in [6.45, 7) is 5.68. The Morgan fingerprint density at radius 2 is 2.05 bits per heavy atom. The summed E-state index contributed by atoms with van der Waals surface area (Å²) >= 11 is 0. The third kappa shape index (κ3) is 3.58. The summed E-state index contributed by atoms with van der Waals surface area (Å²) in [5.41, 5.74) is 2.63. The van der Waals surface area contributed by atoms with E-state index >= 15 is 0 Å². The number of rotatable bonds is 5. The average molecular weight is 418 g/mol. The summed E-state index contributed by atoms with van der Waals surface area (Å²) in [4.78, 5) is 4.33. The molecule has 0 bridgehead atoms. The second-order valence-electron chi connectivity index (χ2n) is 6.57. The highest BCUT2D eigenvalue weighted by Gasteiger charge is 2.48. The van der Waals surface area contributed by atoms with Crippen LogP contribution >= 0.6 is 24.0 Å². The second kappa shape index (κ2) is 7.19. The first-order valence-corrected chi connectivity index (χ1v) is 8.01. The van der Waals surface area contributed by atoms with Crippen LogP contribution in [0.5, 0.6) is 0 Å². The predicted octanol–water partition coefficient (Wildman–Crippen LogP) is 3.15. The minimum atomic E-state index is 0. The lowest BCUT2D eigenvalue weighted by atomic mass is 9.65. The van der Waals surface area contributed by atoms with Gasteiger partial charge in [0, 0.05) is 25.7 Å². The molecule has 3 rings (SSSR count). The Bertz CT molecular complexity index is 513. The number of aryl methyl sites for hydroxylation is 2. The number of aromatic nitrogens is 1. The smallest absolute Gasteiger partial charge is 0.191 e. The first-order chi connectivity index (χ1) is 10.1. The van der Waals surface area contributed by atoms with Gasteiger partial charge in [0.2, 0.25) is 0 Å². The predicted molar refractivity (Wildman–Crippen MR) is 98.6 cm³/mol. The van der Waals surface area contributed by atoms with E-state index in [1.165, 1.54) is 32.1 Å². The van der Waals surface area contributed by atoms with Crippen molar-refractivity contribution in [2.75, 3.05) is 13.6 Å². The quantitative estimate of drug-likeness (QED) is 0.438. The van der Waals surface area contributed by atoms with Crippen molar-refractivity contribution in [2.45, 2.75) is 52.5 Å². The zero-order valence-electron chi connectivity index (χ0n) is 13.7. The molecular weight excluding hydrogens is 391 g/mol. The van der Waals surface area contributed by atoms with Crippen molar-refractivity contribution in [3.63, 3.8) is 0 Å². The van der Waals surface area contributed by atoms with Crippen LogP contribution in [0.1, 0.15) is 49.1 Å². The van der Waals surface area contributed by atoms with Gasteiger partial charge in [0.15, 0.2) is 5.96 Å². The Hall–Kier alpha value is -0.790. The van der Waals surface area contributed by atoms with Crippen LogP contribution in [0.25, 0.3) is 0 Å². The van der Waals surface area contributed by atoms with Gasteiger partial charge in [-0.3, -0.25) is 4.99 Å². The zero-order chi connectivity index (χ0) is 14.9. The number of hydrogen-bond donors (Lipinski definition) is 2. The van der Waals surface area contributed by atoms with Gasteiger partial charge in [-0.2, -0.15) is 0 Å². The van der Waals surface area contributed by atoms with Gasteiger partial charge in [-0.15, -0.1) is 24.0 Å². The molecule has 5 nitrogen and oxygen atoms in total. The molecule has 0 radical (unpaired) electrons. The van der Waals surface area contributed by atoms with Crippen molar-refractivity contribution in [2.24, 2.45) is 16.3 Å². The Morgan fingerprint density at radius 1 is 1.32 bits per heavy atom. The summed E-state index contributed by atoms with van der Waals surface area (Å²) in [6, 6.07) is 0. The Morgan fingerprint density at radius 3 is 2.50 bits per heavy atom. The third-order valence-electron chi connectivity index (χ3n) is 5.24. The van der Waals surface area contributed by atoms with Gasteiger partial charge in [0.1, 0.15) is 5.76 Å². The van der Waals surface area contributed by atoms with E-state index in [0.29, 0.717) is 12.0 Å². The Labute approximate surface area is 149 Å². The molecule has 0 amide bonds. The summed E-state index contributed by atoms with van der Waals surface area (Å²) in [7, 11) is 1.83. The van der Waals surface area contributed by atoms with Crippen LogP contribution in [0, 0.1) is 25.2 Å². The largest absolute Gasteiger partial charge is 0.361 e. The van der Waals surface area contributed by atoms with E-state index in [1.54, 1.807) is 0 Å². The molecule has 1 heterocycles. The number of guanidine groups is 1. The van der Waals surface area contributed by atoms with Crippen LogP contribution in [-0.4, -0.2) is 24.7 Å². The lowest BCUT2D eigenvalue weighted by Crippen LogP contribution is -2.47. The van der Waals surface area contributed by atoms with E-state index in [-0.39, 0.29) is 24.0 Å². The molecule has 2 N–H and O–H groups in total. The number of nitrogens with one attached hydrogen (secondary N) is 2. The number of aliphatic imine (C=N–C) groups is 1. The molecule has 2 saturated carbocycles. The van der Waals surface area contributed by atoms with Gasteiger partial charge in [0.05, 0.1) is 5.69 Å². The molecule has 1 aromatic heterocycles. The van der Waals surface area contributed by atoms with Crippen LogP contribution < -0.4 is 10.6 Å². The van der Waals surface area contributed by atoms with Crippen LogP contribution in [0.2, 0.25) is 0 Å². The maximum absolute atomic E-state index is 5.19. The standard InChI is InChI=1S/C16H26N4O.HI/c1-11-14(12(2)21-20-11)9-18-15(17-3)19-10-16(7-4-8-16)13-5-6-13;/h13H,4-10H2,1-3H3,(H2,17,18,19);1H. The van der Waals surface area contributed by atoms with Crippen molar-refractivity contribution in [1.82, 2.24) is 15.8 Å². The van der Waals surface area contributed by atoms with Gasteiger partial charge in [0.25, 0.3) is 0 Å². The van der Waals surface area contributed by atoms with Crippen LogP contribution in [0.4, 0.5) is 0 Å². The van der Waals surface area contributed by atoms with Crippen molar-refractivity contribution in [3.05, 3.63) is 17.0 Å². The fraction of sp³-hybridized carbons (Fsp3) is 0.750. The van der Waals surface area contributed by atoms with Crippen molar-refractivity contribution in [3.8, 4) is 0 Å². The van der Waals surface area contributed by atoms with Crippen molar-refractivity contribution in [1.29, 1.82) is 0 Å². The molecule has 0 atom stereocenters. The zero-order valence-corrected chi connectivity index (χ0v) is 16.1. The van der Waals surface area contributed by atoms with Gasteiger partial charge in [-0.05, 0) is 50.9 Å². The molecule has 2 aliphatic carbocycles. The maximum atomic E-state index is 5.19. The molecule has 1 aromatic rings. The van der Waals surface area contributed by atoms with E-state index in [9.17, 15) is 0 Å². The minimum absolute atomic E-state index is 0. The molecule has 0 aliphatic heterocycles. The molecule has 0 aromatic carbocycles. The Balaban J connectivity index is 0.00000176. The summed E-state index contributed by atoms with van der Waals surface area (Å²) in [6.07, 6.45) is 7.00. The van der Waals surface area contributed by atoms with Gasteiger partial charge in [-0.25, -0.2) is 0 Å². The summed E-state index contributed by atoms with van der Waals surface area (Å²) < 4.78 is 5.19. The fourth-order valence-corrected chi connectivity index (χ4v) is 3.46. The first kappa shape index (κ1) is 17.6. The molecule has 124 valence electrons. The minimum Gasteiger partial charge on any atom is -0.361 e. The van der Waals surface area contributed by atoms with E-state index < -0.39 is 0 Å². The molecule has 2 fully saturated rings. The van der Waals surface area contributed by atoms with Gasteiger partial charge >= 0.3 is 0 Å². The van der Waals surface area contributed by atoms with Gasteiger partial charge in [-0.1, -0.05) is 11.6 Å². The van der Waals surface area contributed by atoms with Gasteiger partial charge < -0.3 is 15.2 Å². The van der Waals surface area contributed by atoms with E-state index in [1.807, 2.05) is 20.9 Å². The topological polar surface area (TPSA) is 62.5 Å². The number of hydrogen-bond acceptors (Lipinski definition) is 3. The highest BCUT2D eigenvalue weighted by Crippen LogP contribution is 2.56. The lowest BCUT2D eigenvalue weighted by Gasteiger charge is -2.43. The molecule has 0 unspecified atom stereocenters. The number of nitrogens with zero attached hydrogens (tertiary/aromatic N) is 2. The SMILES string of the molecule is CN=C(NCc1c(C)noc1C)NCC1(C2CC2)CCC1.I. The maximum Gasteiger partial charge on any atom is 0.191 e. The molecular formula is C16H27IN4O. The molecule has 2 aliphatic rings. The summed E-state index contributed by atoms with van der Waals surface area (Å²) in [5.74, 6) is 2.71. The normalized spacial score (nSPS) is 20.0. The van der Waals surface area contributed by atoms with Crippen LogP contribution in [0.3, 0.4) is 0 Å². The molecule has 0 spiro atoms. The van der Waals surface area contributed by atoms with E-state index in [2.05, 4.69) is 20.8 Å². The van der Waals surface area contributed by atoms with Crippen LogP contribution in [-0.2, 0) is 6.54 Å².